The highest BCUT2D eigenvalue weighted by atomic mass is 35.5. The molecule has 0 aromatic heterocycles. The predicted octanol–water partition coefficient (Wildman–Crippen LogP) is 1.40. The first kappa shape index (κ1) is 16.7. The van der Waals surface area contributed by atoms with Crippen molar-refractivity contribution in [2.45, 2.75) is 58.2 Å². The molecule has 2 aliphatic heterocycles. The molecule has 2 N–H and O–H groups in total. The molecule has 2 saturated heterocycles. The molecule has 0 bridgehead atoms. The second-order valence-electron chi connectivity index (χ2n) is 5.89. The summed E-state index contributed by atoms with van der Waals surface area (Å²) >= 11 is 0. The van der Waals surface area contributed by atoms with Crippen LogP contribution in [0, 0.1) is 5.92 Å². The summed E-state index contributed by atoms with van der Waals surface area (Å²) in [6.07, 6.45) is 3.44. The van der Waals surface area contributed by atoms with Gasteiger partial charge in [-0.25, -0.2) is 0 Å². The highest BCUT2D eigenvalue weighted by Crippen LogP contribution is 2.25. The highest BCUT2D eigenvalue weighted by molar-refractivity contribution is 5.85. The van der Waals surface area contributed by atoms with E-state index in [1.165, 1.54) is 12.8 Å². The number of nitrogens with one attached hydrogen (secondary N) is 2. The zero-order valence-corrected chi connectivity index (χ0v) is 13.1. The van der Waals surface area contributed by atoms with Gasteiger partial charge in [0.25, 0.3) is 0 Å². The van der Waals surface area contributed by atoms with Crippen molar-refractivity contribution in [3.05, 3.63) is 0 Å². The Hall–Kier alpha value is -0.320. The van der Waals surface area contributed by atoms with E-state index in [9.17, 15) is 4.79 Å². The van der Waals surface area contributed by atoms with E-state index in [0.29, 0.717) is 6.04 Å². The lowest BCUT2D eigenvalue weighted by atomic mass is 9.92. The molecule has 0 radical (unpaired) electrons. The summed E-state index contributed by atoms with van der Waals surface area (Å²) in [6, 6.07) is 0.997. The van der Waals surface area contributed by atoms with E-state index in [2.05, 4.69) is 29.4 Å². The predicted molar refractivity (Wildman–Crippen MR) is 80.7 cm³/mol. The molecule has 4 atom stereocenters. The van der Waals surface area contributed by atoms with Crippen molar-refractivity contribution in [3.8, 4) is 0 Å². The van der Waals surface area contributed by atoms with Crippen molar-refractivity contribution < 1.29 is 4.79 Å². The molecule has 0 saturated carbocycles. The largest absolute Gasteiger partial charge is 0.352 e. The Labute approximate surface area is 123 Å². The van der Waals surface area contributed by atoms with Crippen LogP contribution in [0.1, 0.15) is 40.0 Å². The first-order valence-corrected chi connectivity index (χ1v) is 7.39. The summed E-state index contributed by atoms with van der Waals surface area (Å²) in [7, 11) is 0. The number of fused-ring (bicyclic) bond motifs is 1. The van der Waals surface area contributed by atoms with Gasteiger partial charge in [0.05, 0.1) is 6.04 Å². The van der Waals surface area contributed by atoms with Crippen molar-refractivity contribution in [1.29, 1.82) is 0 Å². The summed E-state index contributed by atoms with van der Waals surface area (Å²) in [4.78, 5) is 14.5. The van der Waals surface area contributed by atoms with Crippen LogP contribution in [0.4, 0.5) is 0 Å². The molecule has 112 valence electrons. The lowest BCUT2D eigenvalue weighted by Crippen LogP contribution is -2.53. The third-order valence-corrected chi connectivity index (χ3v) is 4.62. The normalized spacial score (nSPS) is 30.1. The molecule has 2 heterocycles. The summed E-state index contributed by atoms with van der Waals surface area (Å²) in [5, 5.41) is 6.65. The van der Waals surface area contributed by atoms with Crippen LogP contribution >= 0.6 is 12.4 Å². The molecular weight excluding hydrogens is 262 g/mol. The number of amides is 1. The van der Waals surface area contributed by atoms with Crippen LogP contribution in [0.15, 0.2) is 0 Å². The zero-order valence-electron chi connectivity index (χ0n) is 12.3. The van der Waals surface area contributed by atoms with Crippen LogP contribution in [0.2, 0.25) is 0 Å². The Morgan fingerprint density at radius 3 is 2.84 bits per heavy atom. The van der Waals surface area contributed by atoms with Gasteiger partial charge in [0, 0.05) is 25.2 Å². The Bertz CT molecular complexity index is 300. The number of likely N-dealkylation sites (tertiary alicyclic amines) is 1. The Balaban J connectivity index is 0.00000180. The van der Waals surface area contributed by atoms with Crippen LogP contribution in [0.5, 0.6) is 0 Å². The van der Waals surface area contributed by atoms with Gasteiger partial charge in [0.2, 0.25) is 5.91 Å². The monoisotopic (exact) mass is 289 g/mol. The van der Waals surface area contributed by atoms with Crippen LogP contribution in [-0.4, -0.2) is 48.6 Å². The molecule has 0 aromatic rings. The fraction of sp³-hybridized carbons (Fsp3) is 0.929. The van der Waals surface area contributed by atoms with Gasteiger partial charge in [-0.15, -0.1) is 12.4 Å². The third kappa shape index (κ3) is 4.07. The van der Waals surface area contributed by atoms with Crippen molar-refractivity contribution in [3.63, 3.8) is 0 Å². The lowest BCUT2D eigenvalue weighted by Gasteiger charge is -2.38. The third-order valence-electron chi connectivity index (χ3n) is 4.62. The van der Waals surface area contributed by atoms with Gasteiger partial charge < -0.3 is 10.6 Å². The van der Waals surface area contributed by atoms with Crippen LogP contribution in [0.3, 0.4) is 0 Å². The lowest BCUT2D eigenvalue weighted by molar-refractivity contribution is -0.127. The number of hydrogen-bond donors (Lipinski definition) is 2. The summed E-state index contributed by atoms with van der Waals surface area (Å²) in [5.41, 5.74) is 0. The van der Waals surface area contributed by atoms with Gasteiger partial charge in [0.1, 0.15) is 0 Å². The van der Waals surface area contributed by atoms with Crippen molar-refractivity contribution in [2.75, 3.05) is 19.6 Å². The van der Waals surface area contributed by atoms with Crippen molar-refractivity contribution in [1.82, 2.24) is 15.5 Å². The SMILES string of the molecule is CCC(C)NC(=O)C(C)N1CCC2NCCC2C1.Cl. The van der Waals surface area contributed by atoms with E-state index < -0.39 is 0 Å². The number of nitrogens with zero attached hydrogens (tertiary/aromatic N) is 1. The first-order chi connectivity index (χ1) is 8.61. The van der Waals surface area contributed by atoms with Crippen molar-refractivity contribution >= 4 is 18.3 Å². The van der Waals surface area contributed by atoms with Crippen LogP contribution in [-0.2, 0) is 4.79 Å². The first-order valence-electron chi connectivity index (χ1n) is 7.39. The quantitative estimate of drug-likeness (QED) is 0.822. The Morgan fingerprint density at radius 1 is 1.42 bits per heavy atom. The van der Waals surface area contributed by atoms with Crippen LogP contribution in [0.25, 0.3) is 0 Å². The molecule has 5 heteroatoms. The second kappa shape index (κ2) is 7.46. The maximum Gasteiger partial charge on any atom is 0.237 e. The van der Waals surface area contributed by atoms with Gasteiger partial charge in [-0.2, -0.15) is 0 Å². The van der Waals surface area contributed by atoms with Gasteiger partial charge in [-0.1, -0.05) is 6.92 Å². The van der Waals surface area contributed by atoms with Gasteiger partial charge in [0.15, 0.2) is 0 Å². The fourth-order valence-electron chi connectivity index (χ4n) is 3.06. The summed E-state index contributed by atoms with van der Waals surface area (Å²) < 4.78 is 0. The molecule has 2 aliphatic rings. The number of rotatable bonds is 4. The average molecular weight is 290 g/mol. The van der Waals surface area contributed by atoms with E-state index >= 15 is 0 Å². The summed E-state index contributed by atoms with van der Waals surface area (Å²) in [6.45, 7) is 9.48. The zero-order chi connectivity index (χ0) is 13.1. The van der Waals surface area contributed by atoms with E-state index in [4.69, 9.17) is 0 Å². The average Bonchev–Trinajstić information content (AvgIpc) is 2.84. The molecule has 0 spiro atoms. The maximum atomic E-state index is 12.1. The summed E-state index contributed by atoms with van der Waals surface area (Å²) in [5.74, 6) is 0.936. The van der Waals surface area contributed by atoms with Crippen LogP contribution < -0.4 is 10.6 Å². The minimum absolute atomic E-state index is 0. The van der Waals surface area contributed by atoms with E-state index in [1.54, 1.807) is 0 Å². The second-order valence-corrected chi connectivity index (χ2v) is 5.89. The van der Waals surface area contributed by atoms with Gasteiger partial charge in [-0.3, -0.25) is 9.69 Å². The maximum absolute atomic E-state index is 12.1. The standard InChI is InChI=1S/C14H27N3O.ClH/c1-4-10(2)16-14(18)11(3)17-8-6-13-12(9-17)5-7-15-13;/h10-13,15H,4-9H2,1-3H3,(H,16,18);1H. The number of hydrogen-bond acceptors (Lipinski definition) is 3. The number of piperidine rings is 1. The minimum Gasteiger partial charge on any atom is -0.352 e. The Kier molecular flexibility index (Phi) is 6.57. The molecule has 0 aromatic carbocycles. The molecule has 4 unspecified atom stereocenters. The topological polar surface area (TPSA) is 44.4 Å². The molecule has 2 fully saturated rings. The number of halogens is 1. The minimum atomic E-state index is 0. The molecule has 0 aliphatic carbocycles. The molecular formula is C14H28ClN3O. The van der Waals surface area contributed by atoms with Crippen molar-refractivity contribution in [2.24, 2.45) is 5.92 Å². The van der Waals surface area contributed by atoms with E-state index in [-0.39, 0.29) is 30.4 Å². The van der Waals surface area contributed by atoms with Gasteiger partial charge in [-0.05, 0) is 45.6 Å². The van der Waals surface area contributed by atoms with Gasteiger partial charge >= 0.3 is 0 Å². The molecule has 19 heavy (non-hydrogen) atoms. The number of carbonyl (C=O) groups is 1. The Morgan fingerprint density at radius 2 is 2.16 bits per heavy atom. The number of carbonyl (C=O) groups excluding carboxylic acids is 1. The highest BCUT2D eigenvalue weighted by Gasteiger charge is 2.35. The molecule has 4 nitrogen and oxygen atoms in total. The van der Waals surface area contributed by atoms with E-state index in [0.717, 1.165) is 32.0 Å². The smallest absolute Gasteiger partial charge is 0.237 e. The molecule has 2 rings (SSSR count). The fourth-order valence-corrected chi connectivity index (χ4v) is 3.06. The van der Waals surface area contributed by atoms with E-state index in [1.807, 2.05) is 6.92 Å². The molecule has 1 amide bonds.